The lowest BCUT2D eigenvalue weighted by Gasteiger charge is -2.09. The number of nitrogens with two attached hydrogens (primary N) is 1. The van der Waals surface area contributed by atoms with Crippen molar-refractivity contribution in [2.75, 3.05) is 0 Å². The fourth-order valence-corrected chi connectivity index (χ4v) is 2.83. The summed E-state index contributed by atoms with van der Waals surface area (Å²) in [6.45, 7) is 2.23. The van der Waals surface area contributed by atoms with Crippen LogP contribution in [0.15, 0.2) is 17.5 Å². The molecule has 0 amide bonds. The number of hydrogen-bond donors (Lipinski definition) is 1. The molecule has 2 rings (SSSR count). The highest BCUT2D eigenvalue weighted by atomic mass is 32.1. The lowest BCUT2D eigenvalue weighted by molar-refractivity contribution is 0.647. The summed E-state index contributed by atoms with van der Waals surface area (Å²) in [6, 6.07) is 4.75. The second kappa shape index (κ2) is 2.32. The van der Waals surface area contributed by atoms with E-state index < -0.39 is 0 Å². The van der Waals surface area contributed by atoms with Gasteiger partial charge in [0.25, 0.3) is 0 Å². The van der Waals surface area contributed by atoms with Crippen molar-refractivity contribution in [3.8, 4) is 0 Å². The monoisotopic (exact) mass is 167 g/mol. The van der Waals surface area contributed by atoms with Gasteiger partial charge in [-0.25, -0.2) is 0 Å². The Kier molecular flexibility index (Phi) is 1.55. The van der Waals surface area contributed by atoms with E-state index >= 15 is 0 Å². The predicted molar refractivity (Wildman–Crippen MR) is 48.9 cm³/mol. The Morgan fingerprint density at radius 2 is 2.55 bits per heavy atom. The maximum absolute atomic E-state index is 5.91. The molecule has 0 bridgehead atoms. The Morgan fingerprint density at radius 3 is 2.91 bits per heavy atom. The summed E-state index contributed by atoms with van der Waals surface area (Å²) in [6.07, 6.45) is 2.37. The molecule has 1 aliphatic carbocycles. The molecule has 2 heteroatoms. The molecule has 1 aromatic heterocycles. The van der Waals surface area contributed by atoms with Gasteiger partial charge in [0.1, 0.15) is 0 Å². The van der Waals surface area contributed by atoms with Crippen LogP contribution in [0.3, 0.4) is 0 Å². The fraction of sp³-hybridized carbons (Fsp3) is 0.556. The summed E-state index contributed by atoms with van der Waals surface area (Å²) >= 11 is 1.84. The van der Waals surface area contributed by atoms with Crippen molar-refractivity contribution < 1.29 is 0 Å². The Morgan fingerprint density at radius 1 is 1.82 bits per heavy atom. The quantitative estimate of drug-likeness (QED) is 0.717. The van der Waals surface area contributed by atoms with Gasteiger partial charge < -0.3 is 5.73 Å². The van der Waals surface area contributed by atoms with Crippen molar-refractivity contribution >= 4 is 11.3 Å². The lowest BCUT2D eigenvalue weighted by Crippen LogP contribution is -2.15. The lowest BCUT2D eigenvalue weighted by atomic mass is 10.0. The van der Waals surface area contributed by atoms with E-state index in [-0.39, 0.29) is 0 Å². The van der Waals surface area contributed by atoms with Crippen LogP contribution in [0.25, 0.3) is 0 Å². The Hall–Kier alpha value is -0.340. The highest BCUT2D eigenvalue weighted by Gasteiger charge is 2.52. The minimum Gasteiger partial charge on any atom is -0.327 e. The number of hydrogen-bond acceptors (Lipinski definition) is 2. The van der Waals surface area contributed by atoms with Crippen LogP contribution in [-0.4, -0.2) is 6.04 Å². The highest BCUT2D eigenvalue weighted by molar-refractivity contribution is 7.10. The topological polar surface area (TPSA) is 26.0 Å². The van der Waals surface area contributed by atoms with Gasteiger partial charge in [-0.2, -0.15) is 0 Å². The second-order valence-electron chi connectivity index (χ2n) is 3.30. The predicted octanol–water partition coefficient (Wildman–Crippen LogP) is 2.13. The van der Waals surface area contributed by atoms with E-state index in [4.69, 9.17) is 5.73 Å². The molecule has 1 aliphatic rings. The average Bonchev–Trinajstić information content (AvgIpc) is 2.55. The van der Waals surface area contributed by atoms with Gasteiger partial charge in [-0.15, -0.1) is 11.3 Å². The Balaban J connectivity index is 2.28. The molecule has 1 saturated carbocycles. The molecular formula is C9H13NS. The van der Waals surface area contributed by atoms with E-state index in [9.17, 15) is 0 Å². The van der Waals surface area contributed by atoms with E-state index in [1.54, 1.807) is 0 Å². The second-order valence-corrected chi connectivity index (χ2v) is 4.25. The molecule has 1 aromatic rings. The van der Waals surface area contributed by atoms with Gasteiger partial charge in [-0.3, -0.25) is 0 Å². The highest BCUT2D eigenvalue weighted by Crippen LogP contribution is 2.51. The third-order valence-corrected chi connectivity index (χ3v) is 3.87. The zero-order chi connectivity index (χ0) is 7.90. The molecule has 0 spiro atoms. The summed E-state index contributed by atoms with van der Waals surface area (Å²) in [5.74, 6) is 0. The molecule has 0 aliphatic heterocycles. The fourth-order valence-electron chi connectivity index (χ4n) is 1.76. The molecule has 1 nitrogen and oxygen atoms in total. The molecule has 60 valence electrons. The van der Waals surface area contributed by atoms with Gasteiger partial charge in [0, 0.05) is 16.3 Å². The Bertz CT molecular complexity index is 238. The van der Waals surface area contributed by atoms with Crippen LogP contribution in [0.2, 0.25) is 0 Å². The molecule has 2 atom stereocenters. The van der Waals surface area contributed by atoms with Gasteiger partial charge in [-0.1, -0.05) is 13.0 Å². The van der Waals surface area contributed by atoms with Gasteiger partial charge in [0.05, 0.1) is 0 Å². The van der Waals surface area contributed by atoms with Crippen LogP contribution in [-0.2, 0) is 5.41 Å². The maximum Gasteiger partial charge on any atom is 0.0211 e. The van der Waals surface area contributed by atoms with Crippen molar-refractivity contribution in [2.24, 2.45) is 5.73 Å². The van der Waals surface area contributed by atoms with Crippen LogP contribution in [0.4, 0.5) is 0 Å². The number of rotatable bonds is 2. The molecule has 1 heterocycles. The smallest absolute Gasteiger partial charge is 0.0211 e. The number of thiophene rings is 1. The van der Waals surface area contributed by atoms with Crippen LogP contribution < -0.4 is 5.73 Å². The van der Waals surface area contributed by atoms with Gasteiger partial charge in [0.2, 0.25) is 0 Å². The summed E-state index contributed by atoms with van der Waals surface area (Å²) in [5, 5.41) is 2.14. The SMILES string of the molecule is CCC1(c2cccs2)CC1N. The van der Waals surface area contributed by atoms with Crippen molar-refractivity contribution in [3.05, 3.63) is 22.4 Å². The van der Waals surface area contributed by atoms with Crippen molar-refractivity contribution in [1.29, 1.82) is 0 Å². The molecule has 1 fully saturated rings. The minimum atomic E-state index is 0.369. The molecule has 11 heavy (non-hydrogen) atoms. The van der Waals surface area contributed by atoms with Gasteiger partial charge >= 0.3 is 0 Å². The minimum absolute atomic E-state index is 0.369. The summed E-state index contributed by atoms with van der Waals surface area (Å²) < 4.78 is 0. The standard InChI is InChI=1S/C9H13NS/c1-2-9(6-7(9)10)8-4-3-5-11-8/h3-5,7H,2,6,10H2,1H3. The maximum atomic E-state index is 5.91. The van der Waals surface area contributed by atoms with E-state index in [0.717, 1.165) is 0 Å². The molecule has 0 radical (unpaired) electrons. The third-order valence-electron chi connectivity index (χ3n) is 2.78. The first-order valence-corrected chi connectivity index (χ1v) is 4.97. The van der Waals surface area contributed by atoms with E-state index in [1.807, 2.05) is 11.3 Å². The Labute approximate surface area is 71.2 Å². The van der Waals surface area contributed by atoms with Crippen molar-refractivity contribution in [1.82, 2.24) is 0 Å². The van der Waals surface area contributed by atoms with E-state index in [0.29, 0.717) is 11.5 Å². The van der Waals surface area contributed by atoms with E-state index in [2.05, 4.69) is 24.4 Å². The first-order chi connectivity index (χ1) is 5.29. The zero-order valence-corrected chi connectivity index (χ0v) is 7.53. The summed E-state index contributed by atoms with van der Waals surface area (Å²) in [7, 11) is 0. The average molecular weight is 167 g/mol. The third kappa shape index (κ3) is 0.932. The van der Waals surface area contributed by atoms with Gasteiger partial charge in [0.15, 0.2) is 0 Å². The molecule has 2 N–H and O–H groups in total. The van der Waals surface area contributed by atoms with Crippen LogP contribution in [0.1, 0.15) is 24.6 Å². The van der Waals surface area contributed by atoms with Crippen LogP contribution in [0.5, 0.6) is 0 Å². The molecule has 0 aromatic carbocycles. The molecule has 2 unspecified atom stereocenters. The molecule has 0 saturated heterocycles. The summed E-state index contributed by atoms with van der Waals surface area (Å²) in [5.41, 5.74) is 6.28. The van der Waals surface area contributed by atoms with E-state index in [1.165, 1.54) is 17.7 Å². The van der Waals surface area contributed by atoms with Gasteiger partial charge in [-0.05, 0) is 24.3 Å². The normalized spacial score (nSPS) is 35.6. The molecular weight excluding hydrogens is 154 g/mol. The van der Waals surface area contributed by atoms with Crippen molar-refractivity contribution in [2.45, 2.75) is 31.2 Å². The zero-order valence-electron chi connectivity index (χ0n) is 6.71. The van der Waals surface area contributed by atoms with Crippen LogP contribution in [0, 0.1) is 0 Å². The summed E-state index contributed by atoms with van der Waals surface area (Å²) in [4.78, 5) is 1.48. The first kappa shape index (κ1) is 7.32. The van der Waals surface area contributed by atoms with Crippen molar-refractivity contribution in [3.63, 3.8) is 0 Å². The van der Waals surface area contributed by atoms with Crippen LogP contribution >= 0.6 is 11.3 Å². The first-order valence-electron chi connectivity index (χ1n) is 4.09. The largest absolute Gasteiger partial charge is 0.327 e.